The minimum absolute atomic E-state index is 0.000805. The summed E-state index contributed by atoms with van der Waals surface area (Å²) in [5, 5.41) is 2.99. The molecule has 1 heterocycles. The zero-order valence-corrected chi connectivity index (χ0v) is 13.9. The van der Waals surface area contributed by atoms with E-state index in [0.717, 1.165) is 30.8 Å². The molecule has 5 heteroatoms. The number of allylic oxidation sites excluding steroid dienone is 1. The Kier molecular flexibility index (Phi) is 6.35. The first-order valence-corrected chi connectivity index (χ1v) is 8.15. The van der Waals surface area contributed by atoms with Crippen LogP contribution in [-0.2, 0) is 16.0 Å². The summed E-state index contributed by atoms with van der Waals surface area (Å²) in [7, 11) is 0. The van der Waals surface area contributed by atoms with Crippen LogP contribution in [-0.4, -0.2) is 54.3 Å². The van der Waals surface area contributed by atoms with E-state index < -0.39 is 0 Å². The molecule has 0 aromatic heterocycles. The van der Waals surface area contributed by atoms with E-state index in [1.54, 1.807) is 12.2 Å². The summed E-state index contributed by atoms with van der Waals surface area (Å²) in [5.41, 5.74) is 2.03. The van der Waals surface area contributed by atoms with Gasteiger partial charge in [-0.2, -0.15) is 0 Å². The molecule has 5 nitrogen and oxygen atoms in total. The summed E-state index contributed by atoms with van der Waals surface area (Å²) in [6, 6.07) is 7.88. The fourth-order valence-corrected chi connectivity index (χ4v) is 2.72. The molecule has 1 aromatic rings. The first kappa shape index (κ1) is 17.2. The van der Waals surface area contributed by atoms with Crippen molar-refractivity contribution >= 4 is 17.5 Å². The Bertz CT molecular complexity index is 575. The number of hydrogen-bond donors (Lipinski definition) is 1. The van der Waals surface area contributed by atoms with Crippen molar-refractivity contribution in [2.45, 2.75) is 20.3 Å². The number of rotatable bonds is 5. The van der Waals surface area contributed by atoms with Crippen molar-refractivity contribution in [3.05, 3.63) is 42.0 Å². The molecule has 124 valence electrons. The van der Waals surface area contributed by atoms with Crippen molar-refractivity contribution in [1.82, 2.24) is 9.80 Å². The molecule has 1 aliphatic rings. The van der Waals surface area contributed by atoms with Gasteiger partial charge in [-0.3, -0.25) is 14.5 Å². The van der Waals surface area contributed by atoms with Crippen LogP contribution in [0.25, 0.3) is 0 Å². The third-order valence-electron chi connectivity index (χ3n) is 4.03. The van der Waals surface area contributed by atoms with Crippen LogP contribution in [0.15, 0.2) is 36.4 Å². The normalized spacial score (nSPS) is 15.8. The third kappa shape index (κ3) is 4.93. The Hall–Kier alpha value is -2.14. The van der Waals surface area contributed by atoms with Gasteiger partial charge in [0.25, 0.3) is 0 Å². The monoisotopic (exact) mass is 315 g/mol. The van der Waals surface area contributed by atoms with Gasteiger partial charge < -0.3 is 10.2 Å². The van der Waals surface area contributed by atoms with E-state index in [0.29, 0.717) is 19.6 Å². The molecular weight excluding hydrogens is 290 g/mol. The Morgan fingerprint density at radius 2 is 1.87 bits per heavy atom. The van der Waals surface area contributed by atoms with Gasteiger partial charge in [0.1, 0.15) is 0 Å². The van der Waals surface area contributed by atoms with Crippen molar-refractivity contribution < 1.29 is 9.59 Å². The molecule has 1 aromatic carbocycles. The van der Waals surface area contributed by atoms with Crippen LogP contribution >= 0.6 is 0 Å². The van der Waals surface area contributed by atoms with Crippen molar-refractivity contribution in [3.63, 3.8) is 0 Å². The van der Waals surface area contributed by atoms with Gasteiger partial charge in [0, 0.05) is 31.9 Å². The highest BCUT2D eigenvalue weighted by Crippen LogP contribution is 2.15. The molecular formula is C18H25N3O2. The highest BCUT2D eigenvalue weighted by atomic mass is 16.2. The number of para-hydroxylation sites is 1. The van der Waals surface area contributed by atoms with E-state index in [1.165, 1.54) is 0 Å². The van der Waals surface area contributed by atoms with Gasteiger partial charge in [-0.1, -0.05) is 31.2 Å². The molecule has 1 fully saturated rings. The van der Waals surface area contributed by atoms with Crippen molar-refractivity contribution in [3.8, 4) is 0 Å². The van der Waals surface area contributed by atoms with Gasteiger partial charge in [-0.25, -0.2) is 0 Å². The number of anilines is 1. The summed E-state index contributed by atoms with van der Waals surface area (Å²) in [5.74, 6) is 0.0487. The summed E-state index contributed by atoms with van der Waals surface area (Å²) in [6.45, 7) is 7.07. The molecule has 1 N–H and O–H groups in total. The van der Waals surface area contributed by atoms with Gasteiger partial charge >= 0.3 is 0 Å². The second kappa shape index (κ2) is 8.48. The third-order valence-corrected chi connectivity index (χ3v) is 4.03. The lowest BCUT2D eigenvalue weighted by Gasteiger charge is -2.33. The number of carbonyl (C=O) groups is 2. The van der Waals surface area contributed by atoms with Crippen molar-refractivity contribution in [1.29, 1.82) is 0 Å². The summed E-state index contributed by atoms with van der Waals surface area (Å²) in [4.78, 5) is 27.9. The molecule has 0 saturated carbocycles. The average Bonchev–Trinajstić information content (AvgIpc) is 2.56. The number of nitrogens with zero attached hydrogens (tertiary/aromatic N) is 2. The lowest BCUT2D eigenvalue weighted by atomic mass is 10.1. The topological polar surface area (TPSA) is 52.7 Å². The molecule has 1 aliphatic heterocycles. The molecule has 0 radical (unpaired) electrons. The minimum atomic E-state index is -0.000805. The van der Waals surface area contributed by atoms with Crippen molar-refractivity contribution in [2.75, 3.05) is 38.0 Å². The Morgan fingerprint density at radius 1 is 1.17 bits per heavy atom. The molecule has 0 aliphatic carbocycles. The van der Waals surface area contributed by atoms with Crippen LogP contribution in [0.3, 0.4) is 0 Å². The van der Waals surface area contributed by atoms with Gasteiger partial charge in [-0.15, -0.1) is 0 Å². The predicted molar refractivity (Wildman–Crippen MR) is 92.3 cm³/mol. The maximum atomic E-state index is 12.2. The van der Waals surface area contributed by atoms with Crippen LogP contribution in [0, 0.1) is 0 Å². The first-order valence-electron chi connectivity index (χ1n) is 8.15. The molecule has 0 spiro atoms. The molecule has 2 rings (SSSR count). The average molecular weight is 315 g/mol. The van der Waals surface area contributed by atoms with Gasteiger partial charge in [0.2, 0.25) is 11.8 Å². The fraction of sp³-hybridized carbons (Fsp3) is 0.444. The van der Waals surface area contributed by atoms with Gasteiger partial charge in [0.05, 0.1) is 6.54 Å². The van der Waals surface area contributed by atoms with Crippen LogP contribution in [0.4, 0.5) is 5.69 Å². The van der Waals surface area contributed by atoms with E-state index in [1.807, 2.05) is 36.1 Å². The molecule has 0 atom stereocenters. The molecule has 23 heavy (non-hydrogen) atoms. The second-order valence-corrected chi connectivity index (χ2v) is 5.66. The van der Waals surface area contributed by atoms with Gasteiger partial charge in [0.15, 0.2) is 0 Å². The number of hydrogen-bond acceptors (Lipinski definition) is 3. The highest BCUT2D eigenvalue weighted by Gasteiger charge is 2.21. The molecule has 0 bridgehead atoms. The van der Waals surface area contributed by atoms with Crippen LogP contribution in [0.5, 0.6) is 0 Å². The zero-order valence-electron chi connectivity index (χ0n) is 13.9. The number of benzene rings is 1. The Morgan fingerprint density at radius 3 is 2.52 bits per heavy atom. The lowest BCUT2D eigenvalue weighted by molar-refractivity contribution is -0.128. The summed E-state index contributed by atoms with van der Waals surface area (Å²) < 4.78 is 0. The number of amides is 2. The maximum Gasteiger partial charge on any atom is 0.246 e. The summed E-state index contributed by atoms with van der Waals surface area (Å²) >= 11 is 0. The van der Waals surface area contributed by atoms with Gasteiger partial charge in [-0.05, 0) is 31.1 Å². The molecule has 1 saturated heterocycles. The first-order chi connectivity index (χ1) is 11.1. The van der Waals surface area contributed by atoms with E-state index in [4.69, 9.17) is 0 Å². The van der Waals surface area contributed by atoms with E-state index in [9.17, 15) is 9.59 Å². The summed E-state index contributed by atoms with van der Waals surface area (Å²) in [6.07, 6.45) is 4.24. The maximum absolute atomic E-state index is 12.2. The Labute approximate surface area is 138 Å². The highest BCUT2D eigenvalue weighted by molar-refractivity contribution is 5.93. The van der Waals surface area contributed by atoms with E-state index >= 15 is 0 Å². The lowest BCUT2D eigenvalue weighted by Crippen LogP contribution is -2.50. The van der Waals surface area contributed by atoms with Crippen LogP contribution in [0.1, 0.15) is 19.4 Å². The minimum Gasteiger partial charge on any atom is -0.337 e. The van der Waals surface area contributed by atoms with E-state index in [-0.39, 0.29) is 11.8 Å². The number of aryl methyl sites for hydroxylation is 1. The fourth-order valence-electron chi connectivity index (χ4n) is 2.72. The largest absolute Gasteiger partial charge is 0.337 e. The van der Waals surface area contributed by atoms with Crippen LogP contribution < -0.4 is 5.32 Å². The van der Waals surface area contributed by atoms with Crippen molar-refractivity contribution in [2.24, 2.45) is 0 Å². The number of piperazine rings is 1. The smallest absolute Gasteiger partial charge is 0.246 e. The predicted octanol–water partition coefficient (Wildman–Crippen LogP) is 1.91. The zero-order chi connectivity index (χ0) is 16.7. The quantitative estimate of drug-likeness (QED) is 0.845. The number of carbonyl (C=O) groups excluding carboxylic acids is 2. The van der Waals surface area contributed by atoms with Crippen LogP contribution in [0.2, 0.25) is 0 Å². The second-order valence-electron chi connectivity index (χ2n) is 5.66. The standard InChI is InChI=1S/C18H25N3O2/c1-3-7-18(23)21-12-10-20(11-13-21)14-17(22)19-16-9-6-5-8-15(16)4-2/h3,5-9H,4,10-14H2,1-2H3,(H,19,22)/b7-3+. The Balaban J connectivity index is 1.82. The SMILES string of the molecule is C/C=C/C(=O)N1CCN(CC(=O)Nc2ccccc2CC)CC1. The molecule has 0 unspecified atom stereocenters. The molecule has 2 amide bonds. The number of nitrogens with one attached hydrogen (secondary N) is 1. The van der Waals surface area contributed by atoms with E-state index in [2.05, 4.69) is 17.1 Å².